The Balaban J connectivity index is 1.48. The van der Waals surface area contributed by atoms with Crippen molar-refractivity contribution in [2.45, 2.75) is 38.6 Å². The molecule has 2 aromatic rings. The Hall–Kier alpha value is -2.62. The van der Waals surface area contributed by atoms with Gasteiger partial charge in [-0.25, -0.2) is 0 Å². The van der Waals surface area contributed by atoms with Crippen molar-refractivity contribution in [3.8, 4) is 0 Å². The third-order valence-electron chi connectivity index (χ3n) is 5.94. The molecule has 4 nitrogen and oxygen atoms in total. The molecule has 132 valence electrons. The molecule has 3 aliphatic rings. The van der Waals surface area contributed by atoms with Crippen LogP contribution in [0.4, 0.5) is 5.69 Å². The molecule has 4 heteroatoms. The number of carbonyl (C=O) groups excluding carboxylic acids is 2. The van der Waals surface area contributed by atoms with Crippen molar-refractivity contribution in [3.05, 3.63) is 64.2 Å². The van der Waals surface area contributed by atoms with Crippen LogP contribution in [0.5, 0.6) is 0 Å². The maximum Gasteiger partial charge on any atom is 0.254 e. The van der Waals surface area contributed by atoms with Gasteiger partial charge >= 0.3 is 0 Å². The zero-order valence-electron chi connectivity index (χ0n) is 14.8. The summed E-state index contributed by atoms with van der Waals surface area (Å²) in [6, 6.07) is 12.5. The maximum atomic E-state index is 13.2. The highest BCUT2D eigenvalue weighted by Gasteiger charge is 2.31. The monoisotopic (exact) mass is 346 g/mol. The summed E-state index contributed by atoms with van der Waals surface area (Å²) in [6.07, 6.45) is 4.16. The van der Waals surface area contributed by atoms with Crippen LogP contribution in [0.2, 0.25) is 0 Å². The number of nitrogens with zero attached hydrogens (tertiary/aromatic N) is 2. The van der Waals surface area contributed by atoms with Gasteiger partial charge in [0, 0.05) is 31.6 Å². The largest absolute Gasteiger partial charge is 0.334 e. The number of fused-ring (bicyclic) bond motifs is 1. The van der Waals surface area contributed by atoms with Gasteiger partial charge in [-0.2, -0.15) is 0 Å². The highest BCUT2D eigenvalue weighted by atomic mass is 16.2. The van der Waals surface area contributed by atoms with Crippen molar-refractivity contribution >= 4 is 17.5 Å². The summed E-state index contributed by atoms with van der Waals surface area (Å²) >= 11 is 0. The molecule has 0 saturated carbocycles. The van der Waals surface area contributed by atoms with E-state index >= 15 is 0 Å². The number of anilines is 1. The van der Waals surface area contributed by atoms with Crippen LogP contribution >= 0.6 is 0 Å². The molecule has 0 N–H and O–H groups in total. The number of benzene rings is 2. The van der Waals surface area contributed by atoms with Gasteiger partial charge < -0.3 is 9.80 Å². The Kier molecular flexibility index (Phi) is 3.59. The Bertz CT molecular complexity index is 901. The normalized spacial score (nSPS) is 18.4. The van der Waals surface area contributed by atoms with Gasteiger partial charge in [0.2, 0.25) is 5.91 Å². The van der Waals surface area contributed by atoms with E-state index in [9.17, 15) is 9.59 Å². The fourth-order valence-corrected chi connectivity index (χ4v) is 4.63. The van der Waals surface area contributed by atoms with Crippen molar-refractivity contribution < 1.29 is 9.59 Å². The fourth-order valence-electron chi connectivity index (χ4n) is 4.63. The average Bonchev–Trinajstić information content (AvgIpc) is 2.69. The smallest absolute Gasteiger partial charge is 0.254 e. The van der Waals surface area contributed by atoms with Gasteiger partial charge in [0.25, 0.3) is 5.91 Å². The van der Waals surface area contributed by atoms with Gasteiger partial charge in [0.15, 0.2) is 0 Å². The Morgan fingerprint density at radius 1 is 0.846 bits per heavy atom. The van der Waals surface area contributed by atoms with Crippen LogP contribution in [0.1, 0.15) is 45.5 Å². The van der Waals surface area contributed by atoms with Gasteiger partial charge in [-0.05, 0) is 60.1 Å². The first-order chi connectivity index (χ1) is 12.7. The van der Waals surface area contributed by atoms with Crippen molar-refractivity contribution in [2.24, 2.45) is 0 Å². The second kappa shape index (κ2) is 5.97. The molecule has 26 heavy (non-hydrogen) atoms. The van der Waals surface area contributed by atoms with Crippen LogP contribution in [0, 0.1) is 0 Å². The Labute approximate surface area is 153 Å². The second-order valence-electron chi connectivity index (χ2n) is 7.54. The summed E-state index contributed by atoms with van der Waals surface area (Å²) in [5.41, 5.74) is 6.82. The summed E-state index contributed by atoms with van der Waals surface area (Å²) in [4.78, 5) is 29.3. The molecule has 3 heterocycles. The van der Waals surface area contributed by atoms with Crippen LogP contribution in [0.15, 0.2) is 36.4 Å². The lowest BCUT2D eigenvalue weighted by Crippen LogP contribution is -2.40. The molecule has 2 aromatic carbocycles. The van der Waals surface area contributed by atoms with Crippen LogP contribution < -0.4 is 4.90 Å². The maximum absolute atomic E-state index is 13.2. The molecular weight excluding hydrogens is 324 g/mol. The Morgan fingerprint density at radius 2 is 1.62 bits per heavy atom. The molecule has 2 amide bonds. The number of aryl methyl sites for hydroxylation is 2. The average molecular weight is 346 g/mol. The third kappa shape index (κ3) is 2.44. The number of hydrogen-bond donors (Lipinski definition) is 0. The number of rotatable bonds is 1. The van der Waals surface area contributed by atoms with Crippen molar-refractivity contribution in [1.82, 2.24) is 4.90 Å². The fraction of sp³-hybridized carbons (Fsp3) is 0.364. The minimum atomic E-state index is 0.118. The van der Waals surface area contributed by atoms with Crippen molar-refractivity contribution in [2.75, 3.05) is 18.0 Å². The molecule has 0 unspecified atom stereocenters. The van der Waals surface area contributed by atoms with E-state index in [0.29, 0.717) is 13.0 Å². The molecule has 0 atom stereocenters. The third-order valence-corrected chi connectivity index (χ3v) is 5.94. The Morgan fingerprint density at radius 3 is 2.46 bits per heavy atom. The van der Waals surface area contributed by atoms with E-state index < -0.39 is 0 Å². The quantitative estimate of drug-likeness (QED) is 0.796. The minimum Gasteiger partial charge on any atom is -0.334 e. The van der Waals surface area contributed by atoms with Crippen LogP contribution in [-0.4, -0.2) is 29.8 Å². The SMILES string of the molecule is O=C(c1cc2c3c(c1)CCC(=O)N3CCC2)N1CCc2ccccc2C1. The highest BCUT2D eigenvalue weighted by Crippen LogP contribution is 2.37. The van der Waals surface area contributed by atoms with E-state index in [2.05, 4.69) is 18.2 Å². The summed E-state index contributed by atoms with van der Waals surface area (Å²) in [6.45, 7) is 2.27. The first-order valence-electron chi connectivity index (χ1n) is 9.53. The van der Waals surface area contributed by atoms with Gasteiger partial charge in [-0.3, -0.25) is 9.59 Å². The summed E-state index contributed by atoms with van der Waals surface area (Å²) in [7, 11) is 0. The van der Waals surface area contributed by atoms with E-state index in [1.807, 2.05) is 28.0 Å². The van der Waals surface area contributed by atoms with Gasteiger partial charge in [0.1, 0.15) is 0 Å². The molecule has 0 aromatic heterocycles. The molecule has 0 fully saturated rings. The lowest BCUT2D eigenvalue weighted by atomic mass is 9.89. The number of hydrogen-bond acceptors (Lipinski definition) is 2. The molecule has 0 spiro atoms. The van der Waals surface area contributed by atoms with Crippen LogP contribution in [0.25, 0.3) is 0 Å². The topological polar surface area (TPSA) is 40.6 Å². The van der Waals surface area contributed by atoms with E-state index in [0.717, 1.165) is 50.0 Å². The molecule has 0 saturated heterocycles. The molecule has 3 aliphatic heterocycles. The standard InChI is InChI=1S/C22H22N2O2/c25-20-8-7-17-13-19(12-16-6-3-10-24(20)21(16)17)22(26)23-11-9-15-4-1-2-5-18(15)14-23/h1-2,4-5,12-13H,3,6-11,14H2. The van der Waals surface area contributed by atoms with Crippen LogP contribution in [-0.2, 0) is 30.6 Å². The van der Waals surface area contributed by atoms with Gasteiger partial charge in [-0.15, -0.1) is 0 Å². The first kappa shape index (κ1) is 15.6. The highest BCUT2D eigenvalue weighted by molar-refractivity contribution is 6.00. The predicted octanol–water partition coefficient (Wildman–Crippen LogP) is 3.11. The number of carbonyl (C=O) groups is 2. The number of amides is 2. The lowest BCUT2D eigenvalue weighted by molar-refractivity contribution is -0.119. The first-order valence-corrected chi connectivity index (χ1v) is 9.53. The molecule has 0 bridgehead atoms. The molecule has 5 rings (SSSR count). The van der Waals surface area contributed by atoms with E-state index in [4.69, 9.17) is 0 Å². The van der Waals surface area contributed by atoms with E-state index in [1.165, 1.54) is 22.3 Å². The van der Waals surface area contributed by atoms with Crippen molar-refractivity contribution in [1.29, 1.82) is 0 Å². The van der Waals surface area contributed by atoms with Gasteiger partial charge in [-0.1, -0.05) is 24.3 Å². The van der Waals surface area contributed by atoms with Crippen molar-refractivity contribution in [3.63, 3.8) is 0 Å². The van der Waals surface area contributed by atoms with Gasteiger partial charge in [0.05, 0.1) is 5.69 Å². The second-order valence-corrected chi connectivity index (χ2v) is 7.54. The molecule has 0 aliphatic carbocycles. The lowest BCUT2D eigenvalue weighted by Gasteiger charge is -2.36. The summed E-state index contributed by atoms with van der Waals surface area (Å²) in [5, 5.41) is 0. The minimum absolute atomic E-state index is 0.118. The summed E-state index contributed by atoms with van der Waals surface area (Å²) in [5.74, 6) is 0.345. The molecule has 0 radical (unpaired) electrons. The van der Waals surface area contributed by atoms with E-state index in [-0.39, 0.29) is 11.8 Å². The zero-order chi connectivity index (χ0) is 17.7. The summed E-state index contributed by atoms with van der Waals surface area (Å²) < 4.78 is 0. The molecular formula is C22H22N2O2. The predicted molar refractivity (Wildman–Crippen MR) is 100 cm³/mol. The van der Waals surface area contributed by atoms with E-state index in [1.54, 1.807) is 0 Å². The zero-order valence-corrected chi connectivity index (χ0v) is 14.8. The van der Waals surface area contributed by atoms with Crippen LogP contribution in [0.3, 0.4) is 0 Å².